The van der Waals surface area contributed by atoms with Crippen LogP contribution in [0.5, 0.6) is 0 Å². The Hall–Kier alpha value is -1.31. The summed E-state index contributed by atoms with van der Waals surface area (Å²) in [7, 11) is 0. The second kappa shape index (κ2) is 8.52. The van der Waals surface area contributed by atoms with Crippen molar-refractivity contribution in [3.05, 3.63) is 29.8 Å². The van der Waals surface area contributed by atoms with Crippen LogP contribution < -0.4 is 10.6 Å². The summed E-state index contributed by atoms with van der Waals surface area (Å²) >= 11 is 0. The molecule has 2 rings (SSSR count). The number of alkyl halides is 3. The molecule has 1 fully saturated rings. The van der Waals surface area contributed by atoms with Crippen molar-refractivity contribution in [2.24, 2.45) is 0 Å². The number of rotatable bonds is 4. The van der Waals surface area contributed by atoms with Crippen LogP contribution in [0.3, 0.4) is 0 Å². The predicted molar refractivity (Wildman–Crippen MR) is 83.9 cm³/mol. The monoisotopic (exact) mass is 352 g/mol. The number of benzene rings is 1. The fraction of sp³-hybridized carbons (Fsp3) is 0.533. The highest BCUT2D eigenvalue weighted by atomic mass is 35.5. The third kappa shape index (κ3) is 6.37. The second-order valence-electron chi connectivity index (χ2n) is 5.31. The van der Waals surface area contributed by atoms with Crippen molar-refractivity contribution >= 4 is 24.0 Å². The lowest BCUT2D eigenvalue weighted by atomic mass is 10.1. The maximum Gasteiger partial charge on any atom is 0.389 e. The highest BCUT2D eigenvalue weighted by Gasteiger charge is 2.28. The van der Waals surface area contributed by atoms with Crippen molar-refractivity contribution in [3.63, 3.8) is 0 Å². The third-order valence-corrected chi connectivity index (χ3v) is 3.52. The summed E-state index contributed by atoms with van der Waals surface area (Å²) in [5.41, 5.74) is 1.14. The van der Waals surface area contributed by atoms with Crippen molar-refractivity contribution in [3.8, 4) is 0 Å². The molecule has 0 unspecified atom stereocenters. The molecule has 0 bridgehead atoms. The molecule has 0 spiro atoms. The van der Waals surface area contributed by atoms with Crippen LogP contribution in [0.4, 0.5) is 18.9 Å². The Bertz CT molecular complexity index is 508. The molecular formula is C15H20ClF3N2O2. The zero-order chi connectivity index (χ0) is 16.2. The maximum atomic E-state index is 12.2. The number of ether oxygens (including phenoxy) is 1. The van der Waals surface area contributed by atoms with E-state index in [-0.39, 0.29) is 30.8 Å². The van der Waals surface area contributed by atoms with Gasteiger partial charge in [-0.25, -0.2) is 0 Å². The van der Waals surface area contributed by atoms with Gasteiger partial charge >= 0.3 is 6.18 Å². The van der Waals surface area contributed by atoms with Crippen molar-refractivity contribution in [2.75, 3.05) is 18.5 Å². The third-order valence-electron chi connectivity index (χ3n) is 3.52. The Kier molecular flexibility index (Phi) is 7.31. The molecule has 1 aliphatic rings. The van der Waals surface area contributed by atoms with Gasteiger partial charge in [-0.1, -0.05) is 12.1 Å². The minimum Gasteiger partial charge on any atom is -0.375 e. The van der Waals surface area contributed by atoms with Crippen LogP contribution in [0, 0.1) is 0 Å². The van der Waals surface area contributed by atoms with Crippen LogP contribution in [0.15, 0.2) is 24.3 Å². The predicted octanol–water partition coefficient (Wildman–Crippen LogP) is 2.92. The van der Waals surface area contributed by atoms with Crippen molar-refractivity contribution in [1.29, 1.82) is 0 Å². The minimum absolute atomic E-state index is 0. The fourth-order valence-electron chi connectivity index (χ4n) is 2.29. The second-order valence-corrected chi connectivity index (χ2v) is 5.31. The van der Waals surface area contributed by atoms with E-state index >= 15 is 0 Å². The first kappa shape index (κ1) is 19.7. The average molecular weight is 353 g/mol. The Morgan fingerprint density at radius 3 is 2.57 bits per heavy atom. The Morgan fingerprint density at radius 2 is 2.00 bits per heavy atom. The Morgan fingerprint density at radius 1 is 1.35 bits per heavy atom. The summed E-state index contributed by atoms with van der Waals surface area (Å²) in [4.78, 5) is 12.1. The Balaban J connectivity index is 0.00000264. The Labute approximate surface area is 139 Å². The number of amides is 1. The van der Waals surface area contributed by atoms with E-state index in [1.165, 1.54) is 0 Å². The molecule has 4 nitrogen and oxygen atoms in total. The summed E-state index contributed by atoms with van der Waals surface area (Å²) in [6, 6.07) is 5.97. The van der Waals surface area contributed by atoms with Gasteiger partial charge in [0, 0.05) is 18.7 Å². The van der Waals surface area contributed by atoms with Crippen LogP contribution in [-0.2, 0) is 16.0 Å². The number of hydrogen-bond donors (Lipinski definition) is 2. The van der Waals surface area contributed by atoms with Crippen LogP contribution in [0.2, 0.25) is 0 Å². The first-order valence-electron chi connectivity index (χ1n) is 7.17. The number of nitrogens with one attached hydrogen (secondary N) is 2. The number of hydrogen-bond acceptors (Lipinski definition) is 3. The maximum absolute atomic E-state index is 12.2. The molecule has 1 amide bonds. The molecule has 0 aromatic heterocycles. The lowest BCUT2D eigenvalue weighted by molar-refractivity contribution is -0.134. The average Bonchev–Trinajstić information content (AvgIpc) is 2.46. The van der Waals surface area contributed by atoms with E-state index in [9.17, 15) is 18.0 Å². The van der Waals surface area contributed by atoms with Crippen LogP contribution in [0.25, 0.3) is 0 Å². The molecule has 0 saturated carbocycles. The molecule has 1 aromatic rings. The topological polar surface area (TPSA) is 50.4 Å². The number of carbonyl (C=O) groups excluding carboxylic acids is 1. The van der Waals surface area contributed by atoms with E-state index < -0.39 is 18.6 Å². The summed E-state index contributed by atoms with van der Waals surface area (Å²) in [5, 5.41) is 5.81. The van der Waals surface area contributed by atoms with Gasteiger partial charge in [-0.2, -0.15) is 13.2 Å². The number of morpholine rings is 1. The molecule has 8 heteroatoms. The number of aryl methyl sites for hydroxylation is 1. The summed E-state index contributed by atoms with van der Waals surface area (Å²) in [6.45, 7) is 2.99. The lowest BCUT2D eigenvalue weighted by Crippen LogP contribution is -2.53. The number of halogens is 4. The molecular weight excluding hydrogens is 333 g/mol. The van der Waals surface area contributed by atoms with E-state index in [0.29, 0.717) is 24.4 Å². The summed E-state index contributed by atoms with van der Waals surface area (Å²) < 4.78 is 41.9. The van der Waals surface area contributed by atoms with Gasteiger partial charge in [-0.15, -0.1) is 12.4 Å². The zero-order valence-electron chi connectivity index (χ0n) is 12.7. The normalized spacial score (nSPS) is 21.4. The molecule has 0 radical (unpaired) electrons. The van der Waals surface area contributed by atoms with Gasteiger partial charge < -0.3 is 15.4 Å². The van der Waals surface area contributed by atoms with Crippen LogP contribution in [-0.4, -0.2) is 37.4 Å². The first-order valence-corrected chi connectivity index (χ1v) is 7.17. The smallest absolute Gasteiger partial charge is 0.375 e. The van der Waals surface area contributed by atoms with Gasteiger partial charge in [-0.3, -0.25) is 4.79 Å². The molecule has 1 heterocycles. The first-order chi connectivity index (χ1) is 10.3. The molecule has 2 atom stereocenters. The molecule has 23 heavy (non-hydrogen) atoms. The van der Waals surface area contributed by atoms with Crippen molar-refractivity contribution < 1.29 is 22.7 Å². The van der Waals surface area contributed by atoms with E-state index in [4.69, 9.17) is 4.74 Å². The van der Waals surface area contributed by atoms with Crippen molar-refractivity contribution in [2.45, 2.75) is 38.1 Å². The zero-order valence-corrected chi connectivity index (χ0v) is 13.5. The van der Waals surface area contributed by atoms with Gasteiger partial charge in [-0.05, 0) is 31.0 Å². The minimum atomic E-state index is -4.16. The molecule has 130 valence electrons. The molecule has 1 saturated heterocycles. The summed E-state index contributed by atoms with van der Waals surface area (Å²) in [6.07, 6.45) is -5.29. The number of anilines is 1. The van der Waals surface area contributed by atoms with E-state index in [1.807, 2.05) is 6.92 Å². The molecule has 0 aliphatic carbocycles. The fourth-order valence-corrected chi connectivity index (χ4v) is 2.29. The SMILES string of the molecule is C[C@H]1OCCN[C@@H]1C(=O)Nc1ccc(CCC(F)(F)F)cc1.Cl. The molecule has 2 N–H and O–H groups in total. The standard InChI is InChI=1S/C15H19F3N2O2.ClH/c1-10-13(19-8-9-22-10)14(21)20-12-4-2-11(3-5-12)6-7-15(16,17)18;/h2-5,10,13,19H,6-9H2,1H3,(H,20,21);1H/t10-,13+;/m1./s1. The van der Waals surface area contributed by atoms with Gasteiger partial charge in [0.05, 0.1) is 12.7 Å². The van der Waals surface area contributed by atoms with Crippen LogP contribution >= 0.6 is 12.4 Å². The van der Waals surface area contributed by atoms with E-state index in [0.717, 1.165) is 0 Å². The number of carbonyl (C=O) groups is 1. The highest BCUT2D eigenvalue weighted by Crippen LogP contribution is 2.22. The van der Waals surface area contributed by atoms with E-state index in [2.05, 4.69) is 10.6 Å². The summed E-state index contributed by atoms with van der Waals surface area (Å²) in [5.74, 6) is -0.213. The van der Waals surface area contributed by atoms with Gasteiger partial charge in [0.2, 0.25) is 5.91 Å². The van der Waals surface area contributed by atoms with Crippen molar-refractivity contribution in [1.82, 2.24) is 5.32 Å². The largest absolute Gasteiger partial charge is 0.389 e. The van der Waals surface area contributed by atoms with Crippen LogP contribution in [0.1, 0.15) is 18.9 Å². The quantitative estimate of drug-likeness (QED) is 0.876. The van der Waals surface area contributed by atoms with E-state index in [1.54, 1.807) is 24.3 Å². The van der Waals surface area contributed by atoms with Gasteiger partial charge in [0.1, 0.15) is 6.04 Å². The van der Waals surface area contributed by atoms with Gasteiger partial charge in [0.15, 0.2) is 0 Å². The van der Waals surface area contributed by atoms with Gasteiger partial charge in [0.25, 0.3) is 0 Å². The lowest BCUT2D eigenvalue weighted by Gasteiger charge is -2.29. The molecule has 1 aliphatic heterocycles. The highest BCUT2D eigenvalue weighted by molar-refractivity contribution is 5.95. The molecule has 1 aromatic carbocycles.